The molecule has 0 amide bonds. The van der Waals surface area contributed by atoms with Gasteiger partial charge < -0.3 is 20.0 Å². The molecular weight excluding hydrogens is 288 g/mol. The smallest absolute Gasteiger partial charge is 0.360 e. The average molecular weight is 296 g/mol. The first-order valence-corrected chi connectivity index (χ1v) is 5.57. The largest absolute Gasteiger partial charge is 0.498 e. The lowest BCUT2D eigenvalue weighted by Crippen LogP contribution is -2.04. The molecule has 2 rings (SSSR count). The summed E-state index contributed by atoms with van der Waals surface area (Å²) in [7, 11) is 0. The standard InChI is InChI=1S/C10H8N4O7/c1-2-21-10(16)5-4-12-7(14(19)20)3-6(13(17)18)8(15)9(12)11-5/h3-4,15H,2H2,1H3. The quantitative estimate of drug-likeness (QED) is 0.499. The van der Waals surface area contributed by atoms with Crippen LogP contribution >= 0.6 is 0 Å². The van der Waals surface area contributed by atoms with E-state index in [-0.39, 0.29) is 12.3 Å². The number of ether oxygens (including phenoxy) is 1. The van der Waals surface area contributed by atoms with Crippen LogP contribution in [-0.4, -0.2) is 36.9 Å². The van der Waals surface area contributed by atoms with Gasteiger partial charge in [-0.3, -0.25) is 10.1 Å². The molecule has 11 nitrogen and oxygen atoms in total. The summed E-state index contributed by atoms with van der Waals surface area (Å²) in [5, 5.41) is 31.5. The molecule has 0 aliphatic carbocycles. The molecule has 0 aliphatic heterocycles. The summed E-state index contributed by atoms with van der Waals surface area (Å²) >= 11 is 0. The van der Waals surface area contributed by atoms with Gasteiger partial charge in [-0.15, -0.1) is 0 Å². The van der Waals surface area contributed by atoms with Crippen molar-refractivity contribution in [1.29, 1.82) is 0 Å². The number of carbonyl (C=O) groups excluding carboxylic acids is 1. The highest BCUT2D eigenvalue weighted by molar-refractivity contribution is 5.89. The first kappa shape index (κ1) is 14.2. The first-order chi connectivity index (χ1) is 9.86. The highest BCUT2D eigenvalue weighted by Gasteiger charge is 2.30. The van der Waals surface area contributed by atoms with Gasteiger partial charge in [0.15, 0.2) is 5.69 Å². The predicted molar refractivity (Wildman–Crippen MR) is 66.1 cm³/mol. The van der Waals surface area contributed by atoms with Gasteiger partial charge >= 0.3 is 17.5 Å². The van der Waals surface area contributed by atoms with Crippen LogP contribution in [0.5, 0.6) is 5.75 Å². The molecule has 0 saturated heterocycles. The number of hydrogen-bond donors (Lipinski definition) is 1. The molecule has 21 heavy (non-hydrogen) atoms. The Labute approximate surface area is 115 Å². The number of hydrogen-bond acceptors (Lipinski definition) is 8. The van der Waals surface area contributed by atoms with Crippen molar-refractivity contribution < 1.29 is 24.5 Å². The minimum absolute atomic E-state index is 0.0565. The molecule has 0 bridgehead atoms. The SMILES string of the molecule is CCOC(=O)c1cn2c([N+](=O)[O-])cc([N+](=O)[O-])c(O)c2n1. The van der Waals surface area contributed by atoms with Gasteiger partial charge in [-0.1, -0.05) is 0 Å². The highest BCUT2D eigenvalue weighted by atomic mass is 16.6. The van der Waals surface area contributed by atoms with Crippen LogP contribution in [-0.2, 0) is 4.74 Å². The molecule has 2 aromatic heterocycles. The summed E-state index contributed by atoms with van der Waals surface area (Å²) in [5.74, 6) is -2.45. The summed E-state index contributed by atoms with van der Waals surface area (Å²) in [5.41, 5.74) is -1.66. The molecule has 110 valence electrons. The maximum absolute atomic E-state index is 11.5. The van der Waals surface area contributed by atoms with E-state index in [9.17, 15) is 30.1 Å². The second kappa shape index (κ2) is 5.03. The van der Waals surface area contributed by atoms with Crippen LogP contribution in [0.25, 0.3) is 5.65 Å². The van der Waals surface area contributed by atoms with E-state index in [1.807, 2.05) is 0 Å². The summed E-state index contributed by atoms with van der Waals surface area (Å²) in [4.78, 5) is 35.0. The third-order valence-electron chi connectivity index (χ3n) is 2.54. The Hall–Kier alpha value is -3.24. The van der Waals surface area contributed by atoms with Crippen molar-refractivity contribution in [2.75, 3.05) is 6.61 Å². The van der Waals surface area contributed by atoms with Gasteiger partial charge in [0.2, 0.25) is 0 Å². The second-order valence-corrected chi connectivity index (χ2v) is 3.79. The van der Waals surface area contributed by atoms with Crippen LogP contribution < -0.4 is 0 Å². The van der Waals surface area contributed by atoms with Crippen LogP contribution in [0, 0.1) is 20.2 Å². The van der Waals surface area contributed by atoms with Gasteiger partial charge in [0.25, 0.3) is 11.4 Å². The van der Waals surface area contributed by atoms with Gasteiger partial charge in [-0.05, 0) is 11.8 Å². The number of imidazole rings is 1. The van der Waals surface area contributed by atoms with Crippen LogP contribution in [0.4, 0.5) is 11.5 Å². The first-order valence-electron chi connectivity index (χ1n) is 5.57. The predicted octanol–water partition coefficient (Wildman–Crippen LogP) is 1.03. The van der Waals surface area contributed by atoms with Crippen LogP contribution in [0.2, 0.25) is 0 Å². The van der Waals surface area contributed by atoms with E-state index in [1.165, 1.54) is 0 Å². The van der Waals surface area contributed by atoms with Gasteiger partial charge in [0.1, 0.15) is 12.3 Å². The topological polar surface area (TPSA) is 150 Å². The normalized spacial score (nSPS) is 10.5. The number of nitrogens with zero attached hydrogens (tertiary/aromatic N) is 4. The molecule has 2 heterocycles. The molecular formula is C10H8N4O7. The van der Waals surface area contributed by atoms with Crippen molar-refractivity contribution in [3.05, 3.63) is 38.2 Å². The zero-order chi connectivity index (χ0) is 15.7. The van der Waals surface area contributed by atoms with E-state index in [2.05, 4.69) is 9.72 Å². The zero-order valence-corrected chi connectivity index (χ0v) is 10.5. The third kappa shape index (κ3) is 2.31. The summed E-state index contributed by atoms with van der Waals surface area (Å²) < 4.78 is 5.45. The molecule has 0 spiro atoms. The van der Waals surface area contributed by atoms with Crippen LogP contribution in [0.1, 0.15) is 17.4 Å². The van der Waals surface area contributed by atoms with E-state index in [4.69, 9.17) is 0 Å². The van der Waals surface area contributed by atoms with Crippen molar-refractivity contribution in [1.82, 2.24) is 9.38 Å². The average Bonchev–Trinajstić information content (AvgIpc) is 2.84. The van der Waals surface area contributed by atoms with Crippen molar-refractivity contribution in [3.63, 3.8) is 0 Å². The van der Waals surface area contributed by atoms with Crippen molar-refractivity contribution >= 4 is 23.1 Å². The summed E-state index contributed by atoms with van der Waals surface area (Å²) in [6.45, 7) is 1.61. The Kier molecular flexibility index (Phi) is 3.40. The van der Waals surface area contributed by atoms with Gasteiger partial charge in [0.05, 0.1) is 11.5 Å². The number of nitro groups is 2. The lowest BCUT2D eigenvalue weighted by atomic mass is 10.3. The van der Waals surface area contributed by atoms with Crippen molar-refractivity contribution in [2.45, 2.75) is 6.92 Å². The number of carbonyl (C=O) groups is 1. The van der Waals surface area contributed by atoms with Gasteiger partial charge in [-0.25, -0.2) is 4.79 Å². The number of rotatable bonds is 4. The Morgan fingerprint density at radius 1 is 1.43 bits per heavy atom. The van der Waals surface area contributed by atoms with E-state index < -0.39 is 38.7 Å². The number of fused-ring (bicyclic) bond motifs is 1. The Bertz CT molecular complexity index is 766. The van der Waals surface area contributed by atoms with E-state index in [1.54, 1.807) is 6.92 Å². The maximum Gasteiger partial charge on any atom is 0.360 e. The molecule has 1 N–H and O–H groups in total. The van der Waals surface area contributed by atoms with Crippen LogP contribution in [0.15, 0.2) is 12.3 Å². The molecule has 0 radical (unpaired) electrons. The second-order valence-electron chi connectivity index (χ2n) is 3.79. The molecule has 0 unspecified atom stereocenters. The molecule has 0 atom stereocenters. The monoisotopic (exact) mass is 296 g/mol. The zero-order valence-electron chi connectivity index (χ0n) is 10.5. The Morgan fingerprint density at radius 3 is 2.62 bits per heavy atom. The number of aromatic hydroxyl groups is 1. The van der Waals surface area contributed by atoms with E-state index >= 15 is 0 Å². The third-order valence-corrected chi connectivity index (χ3v) is 2.54. The number of aromatic nitrogens is 2. The van der Waals surface area contributed by atoms with E-state index in [0.717, 1.165) is 10.6 Å². The molecule has 2 aromatic rings. The number of esters is 1. The van der Waals surface area contributed by atoms with Crippen LogP contribution in [0.3, 0.4) is 0 Å². The highest BCUT2D eigenvalue weighted by Crippen LogP contribution is 2.34. The minimum Gasteiger partial charge on any atom is -0.498 e. The van der Waals surface area contributed by atoms with E-state index in [0.29, 0.717) is 6.07 Å². The fourth-order valence-corrected chi connectivity index (χ4v) is 1.68. The molecule has 0 aliphatic rings. The maximum atomic E-state index is 11.5. The minimum atomic E-state index is -0.985. The Balaban J connectivity index is 2.76. The Morgan fingerprint density at radius 2 is 2.10 bits per heavy atom. The fourth-order valence-electron chi connectivity index (χ4n) is 1.68. The number of pyridine rings is 1. The van der Waals surface area contributed by atoms with Crippen molar-refractivity contribution in [2.24, 2.45) is 0 Å². The fraction of sp³-hybridized carbons (Fsp3) is 0.200. The lowest BCUT2D eigenvalue weighted by molar-refractivity contribution is -0.398. The molecule has 0 aromatic carbocycles. The molecule has 0 saturated carbocycles. The van der Waals surface area contributed by atoms with Gasteiger partial charge in [-0.2, -0.15) is 9.38 Å². The lowest BCUT2D eigenvalue weighted by Gasteiger charge is -1.99. The van der Waals surface area contributed by atoms with Gasteiger partial charge in [0, 0.05) is 0 Å². The summed E-state index contributed by atoms with van der Waals surface area (Å²) in [6, 6.07) is 0.582. The summed E-state index contributed by atoms with van der Waals surface area (Å²) in [6.07, 6.45) is 0.967. The molecule has 0 fully saturated rings. The molecule has 11 heteroatoms. The van der Waals surface area contributed by atoms with Crippen molar-refractivity contribution in [3.8, 4) is 5.75 Å².